The summed E-state index contributed by atoms with van der Waals surface area (Å²) in [5.41, 5.74) is 8.95. The van der Waals surface area contributed by atoms with E-state index in [4.69, 9.17) is 24.6 Å². The fourth-order valence-electron chi connectivity index (χ4n) is 4.46. The Morgan fingerprint density at radius 3 is 1.35 bits per heavy atom. The number of anilines is 3. The highest BCUT2D eigenvalue weighted by Gasteiger charge is 2.33. The van der Waals surface area contributed by atoms with Gasteiger partial charge in [0.1, 0.15) is 42.7 Å². The van der Waals surface area contributed by atoms with Crippen LogP contribution in [0.1, 0.15) is 31.1 Å². The zero-order valence-corrected chi connectivity index (χ0v) is 30.4. The van der Waals surface area contributed by atoms with E-state index in [9.17, 15) is 74.1 Å². The van der Waals surface area contributed by atoms with Gasteiger partial charge in [-0.2, -0.15) is 54.8 Å². The molecule has 0 spiro atoms. The molecule has 3 heterocycles. The van der Waals surface area contributed by atoms with Crippen molar-refractivity contribution in [1.29, 1.82) is 0 Å². The number of nitrogen functional groups attached to an aromatic ring is 1. The SMILES string of the molecule is NC(=O)c1cnn(CC(F)(F)F)c1NC(=O)c1ccc([N+](=O)[O-])cc1.[C-]#[N+]c1cnn(CC(F)(F)F)c1N.[C-]#[N+]c1cnn(CC(F)(F)F)c1NC(=O)c1ccc([N+](=O)[O-])cc1. The summed E-state index contributed by atoms with van der Waals surface area (Å²) in [6.07, 6.45) is -10.9. The van der Waals surface area contributed by atoms with Crippen molar-refractivity contribution >= 4 is 57.9 Å². The highest BCUT2D eigenvalue weighted by atomic mass is 19.4. The van der Waals surface area contributed by atoms with Crippen LogP contribution < -0.4 is 22.1 Å². The maximum absolute atomic E-state index is 12.6. The average Bonchev–Trinajstić information content (AvgIpc) is 3.85. The molecule has 21 nitrogen and oxygen atoms in total. The van der Waals surface area contributed by atoms with Gasteiger partial charge in [0, 0.05) is 35.4 Å². The number of benzene rings is 2. The minimum absolute atomic E-state index is 0.0173. The van der Waals surface area contributed by atoms with E-state index in [0.29, 0.717) is 14.0 Å². The molecule has 326 valence electrons. The van der Waals surface area contributed by atoms with Crippen molar-refractivity contribution in [3.8, 4) is 0 Å². The minimum atomic E-state index is -4.65. The van der Waals surface area contributed by atoms with Gasteiger partial charge in [-0.05, 0) is 24.3 Å². The van der Waals surface area contributed by atoms with Crippen LogP contribution in [0, 0.1) is 33.4 Å². The summed E-state index contributed by atoms with van der Waals surface area (Å²) in [4.78, 5) is 61.2. The molecule has 0 aliphatic carbocycles. The standard InChI is InChI=1S/C13H10F3N5O4.C13H8F3N5O3.C6H5F3N4/c14-13(15,16)6-20-11(9(5-18-20)10(17)22)19-12(23)7-1-3-8(4-2-7)21(24)25;1-17-10-6-18-20(7-13(14,15)16)11(10)19-12(22)8-2-4-9(5-3-8)21(23)24;1-11-4-2-12-13(5(4)10)3-6(7,8)9/h1-5H,6H2,(H2,17,22)(H,19,23);2-6H,7H2,(H,19,22);2H,3,10H2. The van der Waals surface area contributed by atoms with Gasteiger partial charge in [0.2, 0.25) is 11.4 Å². The Hall–Kier alpha value is -8.57. The van der Waals surface area contributed by atoms with Gasteiger partial charge in [-0.15, -0.1) is 0 Å². The number of aromatic nitrogens is 6. The van der Waals surface area contributed by atoms with Crippen molar-refractivity contribution in [1.82, 2.24) is 29.3 Å². The number of nitro benzene ring substituents is 2. The molecule has 5 rings (SSSR count). The van der Waals surface area contributed by atoms with E-state index in [2.05, 4.69) is 35.6 Å². The maximum atomic E-state index is 12.6. The summed E-state index contributed by atoms with van der Waals surface area (Å²) in [6, 6.07) is 8.79. The third-order valence-electron chi connectivity index (χ3n) is 7.16. The average molecular weight is 887 g/mol. The minimum Gasteiger partial charge on any atom is -0.393 e. The van der Waals surface area contributed by atoms with E-state index < -0.39 is 82.9 Å². The van der Waals surface area contributed by atoms with Crippen LogP contribution in [0.4, 0.5) is 79.7 Å². The number of nitrogens with one attached hydrogen (secondary N) is 2. The summed E-state index contributed by atoms with van der Waals surface area (Å²) in [6.45, 7) is 9.17. The number of carbonyl (C=O) groups excluding carboxylic acids is 3. The van der Waals surface area contributed by atoms with Gasteiger partial charge < -0.3 is 22.1 Å². The molecule has 62 heavy (non-hydrogen) atoms. The summed E-state index contributed by atoms with van der Waals surface area (Å²) in [7, 11) is 0. The lowest BCUT2D eigenvalue weighted by atomic mass is 10.2. The van der Waals surface area contributed by atoms with Gasteiger partial charge in [-0.1, -0.05) is 0 Å². The molecule has 0 aliphatic rings. The Bertz CT molecular complexity index is 2530. The number of halogens is 9. The zero-order chi connectivity index (χ0) is 46.7. The third-order valence-corrected chi connectivity index (χ3v) is 7.16. The first-order valence-electron chi connectivity index (χ1n) is 16.0. The summed E-state index contributed by atoms with van der Waals surface area (Å²) in [5, 5.41) is 35.6. The van der Waals surface area contributed by atoms with Gasteiger partial charge in [-0.3, -0.25) is 44.0 Å². The first kappa shape index (κ1) is 47.8. The first-order valence-corrected chi connectivity index (χ1v) is 16.0. The second-order valence-electron chi connectivity index (χ2n) is 11.6. The molecule has 0 unspecified atom stereocenters. The quantitative estimate of drug-likeness (QED) is 0.0512. The Labute approximate surface area is 338 Å². The van der Waals surface area contributed by atoms with Gasteiger partial charge >= 0.3 is 18.5 Å². The van der Waals surface area contributed by atoms with E-state index in [1.54, 1.807) is 0 Å². The molecule has 6 N–H and O–H groups in total. The van der Waals surface area contributed by atoms with E-state index in [-0.39, 0.29) is 39.7 Å². The van der Waals surface area contributed by atoms with Crippen molar-refractivity contribution in [3.63, 3.8) is 0 Å². The highest BCUT2D eigenvalue weighted by Crippen LogP contribution is 2.29. The number of nitrogens with two attached hydrogens (primary N) is 2. The molecule has 2 aromatic carbocycles. The van der Waals surface area contributed by atoms with Crippen LogP contribution in [0.25, 0.3) is 9.69 Å². The molecule has 0 saturated heterocycles. The summed E-state index contributed by atoms with van der Waals surface area (Å²) >= 11 is 0. The van der Waals surface area contributed by atoms with Gasteiger partial charge in [0.05, 0.1) is 41.6 Å². The second-order valence-corrected chi connectivity index (χ2v) is 11.6. The van der Waals surface area contributed by atoms with Crippen molar-refractivity contribution in [2.24, 2.45) is 5.73 Å². The van der Waals surface area contributed by atoms with E-state index in [0.717, 1.165) is 67.1 Å². The molecule has 0 fully saturated rings. The third kappa shape index (κ3) is 13.8. The second kappa shape index (κ2) is 19.5. The van der Waals surface area contributed by atoms with Crippen LogP contribution in [-0.2, 0) is 19.6 Å². The predicted molar refractivity (Wildman–Crippen MR) is 192 cm³/mol. The molecule has 0 saturated carbocycles. The first-order chi connectivity index (χ1) is 28.7. The highest BCUT2D eigenvalue weighted by molar-refractivity contribution is 6.08. The fraction of sp³-hybridized carbons (Fsp3) is 0.188. The number of rotatable bonds is 10. The van der Waals surface area contributed by atoms with Crippen molar-refractivity contribution in [2.75, 3.05) is 16.4 Å². The van der Waals surface area contributed by atoms with Crippen LogP contribution in [0.3, 0.4) is 0 Å². The molecule has 5 aromatic rings. The molecule has 3 aromatic heterocycles. The molecular formula is C32H23F9N14O7. The lowest BCUT2D eigenvalue weighted by molar-refractivity contribution is -0.385. The Balaban J connectivity index is 0.000000260. The zero-order valence-electron chi connectivity index (χ0n) is 30.4. The molecule has 3 amide bonds. The number of carbonyl (C=O) groups is 3. The van der Waals surface area contributed by atoms with Gasteiger partial charge in [0.15, 0.2) is 0 Å². The van der Waals surface area contributed by atoms with E-state index in [1.165, 1.54) is 0 Å². The van der Waals surface area contributed by atoms with Crippen LogP contribution >= 0.6 is 0 Å². The van der Waals surface area contributed by atoms with Crippen LogP contribution in [-0.4, -0.2) is 75.4 Å². The molecule has 0 bridgehead atoms. The van der Waals surface area contributed by atoms with Crippen molar-refractivity contribution in [2.45, 2.75) is 38.2 Å². The lowest BCUT2D eigenvalue weighted by Crippen LogP contribution is -2.24. The van der Waals surface area contributed by atoms with E-state index >= 15 is 0 Å². The smallest absolute Gasteiger partial charge is 0.393 e. The molecule has 30 heteroatoms. The molecule has 0 atom stereocenters. The Morgan fingerprint density at radius 2 is 0.984 bits per heavy atom. The molecular weight excluding hydrogens is 863 g/mol. The largest absolute Gasteiger partial charge is 0.408 e. The fourth-order valence-corrected chi connectivity index (χ4v) is 4.46. The monoisotopic (exact) mass is 886 g/mol. The van der Waals surface area contributed by atoms with Crippen LogP contribution in [0.15, 0.2) is 67.1 Å². The number of primary amides is 1. The number of amides is 3. The summed E-state index contributed by atoms with van der Waals surface area (Å²) in [5.74, 6) is -3.96. The lowest BCUT2D eigenvalue weighted by Gasteiger charge is -2.12. The Morgan fingerprint density at radius 1 is 0.629 bits per heavy atom. The Kier molecular flexibility index (Phi) is 15.0. The predicted octanol–water partition coefficient (Wildman–Crippen LogP) is 6.44. The number of hydrogen-bond donors (Lipinski definition) is 4. The van der Waals surface area contributed by atoms with E-state index in [1.807, 2.05) is 0 Å². The number of non-ortho nitro benzene ring substituents is 2. The van der Waals surface area contributed by atoms with Gasteiger partial charge in [0.25, 0.3) is 29.1 Å². The van der Waals surface area contributed by atoms with Crippen LogP contribution in [0.2, 0.25) is 0 Å². The van der Waals surface area contributed by atoms with Gasteiger partial charge in [-0.25, -0.2) is 14.4 Å². The molecule has 0 aliphatic heterocycles. The number of nitro groups is 2. The maximum Gasteiger partial charge on any atom is 0.408 e. The summed E-state index contributed by atoms with van der Waals surface area (Å²) < 4.78 is 112. The normalized spacial score (nSPS) is 11.1. The van der Waals surface area contributed by atoms with Crippen molar-refractivity contribution in [3.05, 3.63) is 127 Å². The number of hydrogen-bond acceptors (Lipinski definition) is 11. The molecule has 0 radical (unpaired) electrons. The van der Waals surface area contributed by atoms with Crippen molar-refractivity contribution < 1.29 is 63.7 Å². The number of alkyl halides is 9. The van der Waals surface area contributed by atoms with Crippen LogP contribution in [0.5, 0.6) is 0 Å². The number of nitrogens with zero attached hydrogens (tertiary/aromatic N) is 10. The topological polar surface area (TPSA) is 276 Å².